The number of hydrogen-bond acceptors (Lipinski definition) is 3. The maximum absolute atomic E-state index is 12.7. The molecule has 6 heteroatoms. The Labute approximate surface area is 106 Å². The molecule has 0 aliphatic heterocycles. The third-order valence-electron chi connectivity index (χ3n) is 3.16. The van der Waals surface area contributed by atoms with Gasteiger partial charge in [-0.05, 0) is 37.1 Å². The molecule has 1 aliphatic rings. The molecule has 2 atom stereocenters. The molecule has 0 aromatic heterocycles. The Hall–Kier alpha value is -0.980. The van der Waals surface area contributed by atoms with Crippen molar-refractivity contribution in [3.8, 4) is 0 Å². The zero-order valence-corrected chi connectivity index (χ0v) is 10.7. The molecular formula is C12H16FNO3S. The Kier molecular flexibility index (Phi) is 3.99. The summed E-state index contributed by atoms with van der Waals surface area (Å²) in [5.41, 5.74) is 0. The first kappa shape index (κ1) is 13.5. The van der Waals surface area contributed by atoms with Crippen LogP contribution in [0.3, 0.4) is 0 Å². The molecular weight excluding hydrogens is 257 g/mol. The second kappa shape index (κ2) is 5.34. The Morgan fingerprint density at radius 3 is 2.39 bits per heavy atom. The summed E-state index contributed by atoms with van der Waals surface area (Å²) < 4.78 is 39.2. The minimum absolute atomic E-state index is 0.0154. The summed E-state index contributed by atoms with van der Waals surface area (Å²) in [5, 5.41) is 9.74. The molecule has 0 heterocycles. The number of aliphatic hydroxyl groups excluding tert-OH is 1. The Morgan fingerprint density at radius 2 is 1.78 bits per heavy atom. The first-order valence-corrected chi connectivity index (χ1v) is 7.43. The number of halogens is 1. The van der Waals surface area contributed by atoms with Crippen molar-refractivity contribution < 1.29 is 17.9 Å². The zero-order valence-electron chi connectivity index (χ0n) is 9.84. The van der Waals surface area contributed by atoms with Crippen molar-refractivity contribution in [2.45, 2.75) is 42.7 Å². The molecule has 0 saturated heterocycles. The van der Waals surface area contributed by atoms with Crippen LogP contribution in [0.4, 0.5) is 4.39 Å². The maximum atomic E-state index is 12.7. The van der Waals surface area contributed by atoms with Gasteiger partial charge < -0.3 is 5.11 Å². The van der Waals surface area contributed by atoms with Crippen LogP contribution in [0, 0.1) is 5.82 Å². The molecule has 4 nitrogen and oxygen atoms in total. The van der Waals surface area contributed by atoms with Gasteiger partial charge in [0.05, 0.1) is 11.0 Å². The van der Waals surface area contributed by atoms with E-state index in [1.165, 1.54) is 12.1 Å². The van der Waals surface area contributed by atoms with Crippen molar-refractivity contribution in [1.29, 1.82) is 0 Å². The summed E-state index contributed by atoms with van der Waals surface area (Å²) in [4.78, 5) is 0.0154. The maximum Gasteiger partial charge on any atom is 0.240 e. The largest absolute Gasteiger partial charge is 0.391 e. The second-order valence-corrected chi connectivity index (χ2v) is 6.25. The van der Waals surface area contributed by atoms with Gasteiger partial charge in [0.2, 0.25) is 10.0 Å². The summed E-state index contributed by atoms with van der Waals surface area (Å²) >= 11 is 0. The number of aliphatic hydroxyl groups is 1. The lowest BCUT2D eigenvalue weighted by Crippen LogP contribution is -2.44. The molecule has 1 aromatic carbocycles. The molecule has 100 valence electrons. The highest BCUT2D eigenvalue weighted by Crippen LogP contribution is 2.20. The Balaban J connectivity index is 2.13. The average Bonchev–Trinajstić information content (AvgIpc) is 2.32. The van der Waals surface area contributed by atoms with Crippen LogP contribution in [-0.4, -0.2) is 25.7 Å². The van der Waals surface area contributed by atoms with Gasteiger partial charge in [-0.2, -0.15) is 0 Å². The molecule has 2 N–H and O–H groups in total. The molecule has 0 spiro atoms. The van der Waals surface area contributed by atoms with Gasteiger partial charge in [0.25, 0.3) is 0 Å². The van der Waals surface area contributed by atoms with Crippen LogP contribution in [0.15, 0.2) is 29.2 Å². The van der Waals surface area contributed by atoms with Crippen LogP contribution < -0.4 is 4.72 Å². The first-order valence-electron chi connectivity index (χ1n) is 5.95. The van der Waals surface area contributed by atoms with E-state index < -0.39 is 28.0 Å². The van der Waals surface area contributed by atoms with Crippen molar-refractivity contribution in [2.24, 2.45) is 0 Å². The van der Waals surface area contributed by atoms with Crippen molar-refractivity contribution in [3.05, 3.63) is 30.1 Å². The monoisotopic (exact) mass is 273 g/mol. The number of rotatable bonds is 3. The fourth-order valence-corrected chi connectivity index (χ4v) is 3.43. The quantitative estimate of drug-likeness (QED) is 0.875. The van der Waals surface area contributed by atoms with Gasteiger partial charge in [-0.25, -0.2) is 17.5 Å². The SMILES string of the molecule is O=S(=O)(N[C@@H]1CCCC[C@@H]1O)c1ccc(F)cc1. The molecule has 1 fully saturated rings. The molecule has 0 unspecified atom stereocenters. The van der Waals surface area contributed by atoms with E-state index in [1.54, 1.807) is 0 Å². The molecule has 1 aliphatic carbocycles. The zero-order chi connectivity index (χ0) is 13.2. The van der Waals surface area contributed by atoms with E-state index in [0.717, 1.165) is 25.0 Å². The molecule has 0 amide bonds. The Morgan fingerprint density at radius 1 is 1.17 bits per heavy atom. The van der Waals surface area contributed by atoms with E-state index >= 15 is 0 Å². The van der Waals surface area contributed by atoms with Gasteiger partial charge in [-0.15, -0.1) is 0 Å². The van der Waals surface area contributed by atoms with Crippen LogP contribution in [0.25, 0.3) is 0 Å². The summed E-state index contributed by atoms with van der Waals surface area (Å²) in [5.74, 6) is -0.480. The normalized spacial score (nSPS) is 25.0. The van der Waals surface area contributed by atoms with E-state index in [1.807, 2.05) is 0 Å². The van der Waals surface area contributed by atoms with Gasteiger partial charge >= 0.3 is 0 Å². The Bertz CT molecular complexity index is 501. The molecule has 1 saturated carbocycles. The highest BCUT2D eigenvalue weighted by Gasteiger charge is 2.27. The third-order valence-corrected chi connectivity index (χ3v) is 4.67. The predicted octanol–water partition coefficient (Wildman–Crippen LogP) is 1.41. The van der Waals surface area contributed by atoms with Crippen molar-refractivity contribution in [2.75, 3.05) is 0 Å². The first-order chi connectivity index (χ1) is 8.49. The molecule has 18 heavy (non-hydrogen) atoms. The smallest absolute Gasteiger partial charge is 0.240 e. The van der Waals surface area contributed by atoms with E-state index in [4.69, 9.17) is 0 Å². The predicted molar refractivity (Wildman–Crippen MR) is 65.0 cm³/mol. The minimum atomic E-state index is -3.69. The highest BCUT2D eigenvalue weighted by atomic mass is 32.2. The molecule has 1 aromatic rings. The number of hydrogen-bond donors (Lipinski definition) is 2. The average molecular weight is 273 g/mol. The molecule has 2 rings (SSSR count). The molecule has 0 bridgehead atoms. The molecule has 0 radical (unpaired) electrons. The summed E-state index contributed by atoms with van der Waals surface area (Å²) in [6.07, 6.45) is 2.40. The lowest BCUT2D eigenvalue weighted by Gasteiger charge is -2.28. The summed E-state index contributed by atoms with van der Waals surface area (Å²) in [6, 6.07) is 4.19. The van der Waals surface area contributed by atoms with Gasteiger partial charge in [-0.1, -0.05) is 12.8 Å². The number of sulfonamides is 1. The van der Waals surface area contributed by atoms with Gasteiger partial charge in [0.15, 0.2) is 0 Å². The number of benzene rings is 1. The van der Waals surface area contributed by atoms with Gasteiger partial charge in [0.1, 0.15) is 5.82 Å². The topological polar surface area (TPSA) is 66.4 Å². The van der Waals surface area contributed by atoms with Crippen molar-refractivity contribution in [3.63, 3.8) is 0 Å². The van der Waals surface area contributed by atoms with Crippen LogP contribution in [0.5, 0.6) is 0 Å². The van der Waals surface area contributed by atoms with Gasteiger partial charge in [0, 0.05) is 6.04 Å². The highest BCUT2D eigenvalue weighted by molar-refractivity contribution is 7.89. The van der Waals surface area contributed by atoms with E-state index in [0.29, 0.717) is 12.8 Å². The fraction of sp³-hybridized carbons (Fsp3) is 0.500. The van der Waals surface area contributed by atoms with Gasteiger partial charge in [-0.3, -0.25) is 0 Å². The lowest BCUT2D eigenvalue weighted by molar-refractivity contribution is 0.101. The lowest BCUT2D eigenvalue weighted by atomic mass is 9.93. The fourth-order valence-electron chi connectivity index (χ4n) is 2.13. The summed E-state index contributed by atoms with van der Waals surface area (Å²) in [6.45, 7) is 0. The van der Waals surface area contributed by atoms with Crippen LogP contribution in [0.2, 0.25) is 0 Å². The van der Waals surface area contributed by atoms with Crippen LogP contribution in [0.1, 0.15) is 25.7 Å². The van der Waals surface area contributed by atoms with E-state index in [9.17, 15) is 17.9 Å². The number of nitrogens with one attached hydrogen (secondary N) is 1. The standard InChI is InChI=1S/C12H16FNO3S/c13-9-5-7-10(8-6-9)18(16,17)14-11-3-1-2-4-12(11)15/h5-8,11-12,14-15H,1-4H2/t11-,12+/m1/s1. The van der Waals surface area contributed by atoms with E-state index in [-0.39, 0.29) is 4.90 Å². The second-order valence-electron chi connectivity index (χ2n) is 4.53. The van der Waals surface area contributed by atoms with Crippen LogP contribution >= 0.6 is 0 Å². The summed E-state index contributed by atoms with van der Waals surface area (Å²) in [7, 11) is -3.69. The van der Waals surface area contributed by atoms with Crippen molar-refractivity contribution in [1.82, 2.24) is 4.72 Å². The third kappa shape index (κ3) is 3.07. The minimum Gasteiger partial charge on any atom is -0.391 e. The van der Waals surface area contributed by atoms with E-state index in [2.05, 4.69) is 4.72 Å². The van der Waals surface area contributed by atoms with Crippen molar-refractivity contribution >= 4 is 10.0 Å². The van der Waals surface area contributed by atoms with Crippen LogP contribution in [-0.2, 0) is 10.0 Å².